The van der Waals surface area contributed by atoms with Crippen LogP contribution in [-0.2, 0) is 9.53 Å². The second kappa shape index (κ2) is 10.2. The Bertz CT molecular complexity index is 393. The molecule has 0 saturated carbocycles. The second-order valence-electron chi connectivity index (χ2n) is 3.35. The first-order valence-electron chi connectivity index (χ1n) is 5.51. The van der Waals surface area contributed by atoms with Gasteiger partial charge in [-0.15, -0.1) is 0 Å². The fourth-order valence-electron chi connectivity index (χ4n) is 1.02. The van der Waals surface area contributed by atoms with Gasteiger partial charge in [0, 0.05) is 19.1 Å². The minimum atomic E-state index is -0.0272. The van der Waals surface area contributed by atoms with Crippen molar-refractivity contribution in [3.05, 3.63) is 61.2 Å². The van der Waals surface area contributed by atoms with Crippen LogP contribution in [-0.4, -0.2) is 25.3 Å². The highest BCUT2D eigenvalue weighted by molar-refractivity contribution is 6.04. The monoisotopic (exact) mass is 246 g/mol. The number of hydrogen-bond acceptors (Lipinski definition) is 3. The van der Waals surface area contributed by atoms with Gasteiger partial charge in [0.05, 0.1) is 6.61 Å². The first-order valence-corrected chi connectivity index (χ1v) is 5.51. The maximum atomic E-state index is 10.9. The average molecular weight is 246 g/mol. The highest BCUT2D eigenvalue weighted by Gasteiger charge is 1.95. The lowest BCUT2D eigenvalue weighted by Crippen LogP contribution is -1.97. The number of ketones is 2. The van der Waals surface area contributed by atoms with E-state index in [1.54, 1.807) is 19.2 Å². The van der Waals surface area contributed by atoms with Crippen molar-refractivity contribution < 1.29 is 14.3 Å². The highest BCUT2D eigenvalue weighted by Crippen LogP contribution is 1.99. The molecule has 18 heavy (non-hydrogen) atoms. The molecule has 0 unspecified atom stereocenters. The van der Waals surface area contributed by atoms with E-state index >= 15 is 0 Å². The van der Waals surface area contributed by atoms with E-state index in [-0.39, 0.29) is 11.6 Å². The summed E-state index contributed by atoms with van der Waals surface area (Å²) in [5.74, 6) is 0.00690. The summed E-state index contributed by atoms with van der Waals surface area (Å²) >= 11 is 0. The summed E-state index contributed by atoms with van der Waals surface area (Å²) in [5, 5.41) is 0. The van der Waals surface area contributed by atoms with E-state index in [0.717, 1.165) is 0 Å². The summed E-state index contributed by atoms with van der Waals surface area (Å²) in [6.45, 7) is 7.19. The van der Waals surface area contributed by atoms with Crippen LogP contribution in [0.1, 0.15) is 16.8 Å². The molecule has 1 rings (SSSR count). The molecule has 0 atom stereocenters. The predicted molar refractivity (Wildman–Crippen MR) is 72.7 cm³/mol. The molecule has 0 aliphatic rings. The van der Waals surface area contributed by atoms with Crippen LogP contribution in [0.3, 0.4) is 0 Å². The standard InChI is InChI=1S/C9H8O.C6H10O2/c1-2-9(10)8-6-4-3-5-7-8;1-3-6(7)4-5-8-2/h2-7H,1H2;3H,1,4-5H2,2H3. The number of ether oxygens (including phenoxy) is 1. The highest BCUT2D eigenvalue weighted by atomic mass is 16.5. The maximum Gasteiger partial charge on any atom is 0.185 e. The molecule has 0 heterocycles. The zero-order valence-corrected chi connectivity index (χ0v) is 10.6. The van der Waals surface area contributed by atoms with Gasteiger partial charge in [-0.2, -0.15) is 0 Å². The van der Waals surface area contributed by atoms with E-state index in [9.17, 15) is 9.59 Å². The molecule has 0 radical (unpaired) electrons. The van der Waals surface area contributed by atoms with Crippen molar-refractivity contribution in [2.45, 2.75) is 6.42 Å². The minimum absolute atomic E-state index is 0.0272. The van der Waals surface area contributed by atoms with Crippen molar-refractivity contribution in [1.82, 2.24) is 0 Å². The Labute approximate surface area is 108 Å². The first kappa shape index (κ1) is 16.0. The summed E-state index contributed by atoms with van der Waals surface area (Å²) in [7, 11) is 1.57. The van der Waals surface area contributed by atoms with Gasteiger partial charge in [0.25, 0.3) is 0 Å². The fraction of sp³-hybridized carbons (Fsp3) is 0.200. The van der Waals surface area contributed by atoms with Crippen molar-refractivity contribution in [2.75, 3.05) is 13.7 Å². The summed E-state index contributed by atoms with van der Waals surface area (Å²) in [6.07, 6.45) is 3.06. The third kappa shape index (κ3) is 7.30. The van der Waals surface area contributed by atoms with Gasteiger partial charge >= 0.3 is 0 Å². The first-order chi connectivity index (χ1) is 8.65. The van der Waals surface area contributed by atoms with Crippen molar-refractivity contribution in [1.29, 1.82) is 0 Å². The van der Waals surface area contributed by atoms with Crippen molar-refractivity contribution in [3.8, 4) is 0 Å². The quantitative estimate of drug-likeness (QED) is 0.572. The van der Waals surface area contributed by atoms with Gasteiger partial charge in [-0.25, -0.2) is 0 Å². The van der Waals surface area contributed by atoms with Crippen molar-refractivity contribution >= 4 is 11.6 Å². The largest absolute Gasteiger partial charge is 0.384 e. The van der Waals surface area contributed by atoms with Crippen LogP contribution < -0.4 is 0 Å². The van der Waals surface area contributed by atoms with Gasteiger partial charge in [0.1, 0.15) is 0 Å². The van der Waals surface area contributed by atoms with Gasteiger partial charge in [-0.3, -0.25) is 9.59 Å². The number of benzene rings is 1. The lowest BCUT2D eigenvalue weighted by Gasteiger charge is -1.90. The molecule has 0 spiro atoms. The third-order valence-electron chi connectivity index (χ3n) is 2.02. The topological polar surface area (TPSA) is 43.4 Å². The minimum Gasteiger partial charge on any atom is -0.384 e. The van der Waals surface area contributed by atoms with Gasteiger partial charge in [0.2, 0.25) is 0 Å². The Kier molecular flexibility index (Phi) is 9.04. The van der Waals surface area contributed by atoms with Crippen molar-refractivity contribution in [2.24, 2.45) is 0 Å². The molecule has 0 N–H and O–H groups in total. The SMILES string of the molecule is C=CC(=O)CCOC.C=CC(=O)c1ccccc1. The molecule has 0 aromatic heterocycles. The molecule has 0 saturated heterocycles. The molecule has 1 aromatic rings. The van der Waals surface area contributed by atoms with Gasteiger partial charge in [-0.05, 0) is 12.2 Å². The molecule has 0 fully saturated rings. The van der Waals surface area contributed by atoms with Crippen LogP contribution in [0.25, 0.3) is 0 Å². The van der Waals surface area contributed by atoms with Gasteiger partial charge in [-0.1, -0.05) is 43.5 Å². The molecule has 0 bridgehead atoms. The molecule has 3 nitrogen and oxygen atoms in total. The van der Waals surface area contributed by atoms with E-state index in [0.29, 0.717) is 18.6 Å². The zero-order valence-electron chi connectivity index (χ0n) is 10.6. The molecule has 0 amide bonds. The number of carbonyl (C=O) groups excluding carboxylic acids is 2. The lowest BCUT2D eigenvalue weighted by atomic mass is 10.1. The van der Waals surface area contributed by atoms with Crippen LogP contribution >= 0.6 is 0 Å². The third-order valence-corrected chi connectivity index (χ3v) is 2.02. The van der Waals surface area contributed by atoms with Crippen LogP contribution in [0.2, 0.25) is 0 Å². The Morgan fingerprint density at radius 1 is 1.17 bits per heavy atom. The maximum absolute atomic E-state index is 10.9. The van der Waals surface area contributed by atoms with Crippen LogP contribution in [0, 0.1) is 0 Å². The fourth-order valence-corrected chi connectivity index (χ4v) is 1.02. The Balaban J connectivity index is 0.000000331. The van der Waals surface area contributed by atoms with E-state index in [1.165, 1.54) is 12.2 Å². The molecule has 96 valence electrons. The zero-order chi connectivity index (χ0) is 13.8. The van der Waals surface area contributed by atoms with Gasteiger partial charge < -0.3 is 4.74 Å². The smallest absolute Gasteiger partial charge is 0.185 e. The lowest BCUT2D eigenvalue weighted by molar-refractivity contribution is -0.115. The summed E-state index contributed by atoms with van der Waals surface area (Å²) in [6, 6.07) is 9.07. The average Bonchev–Trinajstić information content (AvgIpc) is 2.45. The molecule has 3 heteroatoms. The normalized spacial score (nSPS) is 8.72. The van der Waals surface area contributed by atoms with Gasteiger partial charge in [0.15, 0.2) is 11.6 Å². The number of carbonyl (C=O) groups is 2. The summed E-state index contributed by atoms with van der Waals surface area (Å²) < 4.78 is 4.65. The molecular formula is C15H18O3. The predicted octanol–water partition coefficient (Wildman–Crippen LogP) is 2.83. The van der Waals surface area contributed by atoms with Crippen molar-refractivity contribution in [3.63, 3.8) is 0 Å². The van der Waals surface area contributed by atoms with E-state index < -0.39 is 0 Å². The van der Waals surface area contributed by atoms with Crippen LogP contribution in [0.5, 0.6) is 0 Å². The molecular weight excluding hydrogens is 228 g/mol. The van der Waals surface area contributed by atoms with Crippen LogP contribution in [0.4, 0.5) is 0 Å². The molecule has 0 aliphatic heterocycles. The van der Waals surface area contributed by atoms with E-state index in [1.807, 2.05) is 18.2 Å². The Morgan fingerprint density at radius 2 is 1.78 bits per heavy atom. The Morgan fingerprint density at radius 3 is 2.22 bits per heavy atom. The second-order valence-corrected chi connectivity index (χ2v) is 3.35. The number of allylic oxidation sites excluding steroid dienone is 2. The molecule has 1 aromatic carbocycles. The van der Waals surface area contributed by atoms with Crippen LogP contribution in [0.15, 0.2) is 55.6 Å². The number of hydrogen-bond donors (Lipinski definition) is 0. The Hall–Kier alpha value is -2.00. The van der Waals surface area contributed by atoms with E-state index in [4.69, 9.17) is 0 Å². The summed E-state index contributed by atoms with van der Waals surface area (Å²) in [4.78, 5) is 21.3. The summed E-state index contributed by atoms with van der Waals surface area (Å²) in [5.41, 5.74) is 0.692. The number of methoxy groups -OCH3 is 1. The van der Waals surface area contributed by atoms with E-state index in [2.05, 4.69) is 17.9 Å². The number of rotatable bonds is 6. The molecule has 0 aliphatic carbocycles.